The van der Waals surface area contributed by atoms with E-state index in [1.807, 2.05) is 19.9 Å². The summed E-state index contributed by atoms with van der Waals surface area (Å²) >= 11 is 5.74. The molecule has 1 unspecified atom stereocenters. The minimum atomic E-state index is -1.02. The Bertz CT molecular complexity index is 1210. The number of phenolic OH excluding ortho intramolecular Hbond substituents is 1. The van der Waals surface area contributed by atoms with Gasteiger partial charge in [0.25, 0.3) is 0 Å². The highest BCUT2D eigenvalue weighted by Crippen LogP contribution is 2.11. The summed E-state index contributed by atoms with van der Waals surface area (Å²) in [5.41, 5.74) is 7.48. The summed E-state index contributed by atoms with van der Waals surface area (Å²) in [5, 5.41) is 19.7. The molecule has 0 aliphatic heterocycles. The van der Waals surface area contributed by atoms with Gasteiger partial charge in [0.05, 0.1) is 24.5 Å². The Morgan fingerprint density at radius 1 is 0.786 bits per heavy atom. The monoisotopic (exact) mass is 601 g/mol. The minimum absolute atomic E-state index is 0.0925. The Kier molecular flexibility index (Phi) is 13.9. The number of carbonyl (C=O) groups is 5. The fourth-order valence-corrected chi connectivity index (χ4v) is 4.28. The van der Waals surface area contributed by atoms with Crippen LogP contribution in [0.2, 0.25) is 0 Å². The molecule has 0 bridgehead atoms. The van der Waals surface area contributed by atoms with Crippen LogP contribution < -0.4 is 27.0 Å². The van der Waals surface area contributed by atoms with E-state index < -0.39 is 54.3 Å². The number of ketones is 1. The molecule has 0 aliphatic rings. The van der Waals surface area contributed by atoms with E-state index in [2.05, 4.69) is 21.3 Å². The number of hydrogen-bond acceptors (Lipinski definition) is 7. The van der Waals surface area contributed by atoms with Gasteiger partial charge < -0.3 is 32.1 Å². The van der Waals surface area contributed by atoms with Gasteiger partial charge in [0.1, 0.15) is 17.8 Å². The zero-order valence-electron chi connectivity index (χ0n) is 24.1. The molecule has 0 saturated carbocycles. The number of hydrogen-bond donors (Lipinski definition) is 6. The largest absolute Gasteiger partial charge is 0.508 e. The number of phenols is 1. The molecule has 4 atom stereocenters. The highest BCUT2D eigenvalue weighted by atomic mass is 35.5. The number of amides is 4. The molecule has 0 aliphatic carbocycles. The van der Waals surface area contributed by atoms with Crippen LogP contribution in [0.4, 0.5) is 0 Å². The smallest absolute Gasteiger partial charge is 0.243 e. The summed E-state index contributed by atoms with van der Waals surface area (Å²) in [7, 11) is 0. The van der Waals surface area contributed by atoms with Crippen LogP contribution in [0.5, 0.6) is 5.75 Å². The Hall–Kier alpha value is -3.96. The Balaban J connectivity index is 1.96. The quantitative estimate of drug-likeness (QED) is 0.155. The average molecular weight is 602 g/mol. The Morgan fingerprint density at radius 3 is 2.00 bits per heavy atom. The molecule has 12 heteroatoms. The van der Waals surface area contributed by atoms with Crippen LogP contribution in [0.15, 0.2) is 54.6 Å². The molecule has 2 rings (SSSR count). The van der Waals surface area contributed by atoms with Crippen molar-refractivity contribution in [2.24, 2.45) is 11.7 Å². The van der Waals surface area contributed by atoms with Gasteiger partial charge in [0.2, 0.25) is 23.6 Å². The number of Topliss-reactive ketones (excluding diaryl/α,β-unsaturated/α-hetero) is 1. The van der Waals surface area contributed by atoms with Crippen molar-refractivity contribution in [1.29, 1.82) is 0 Å². The minimum Gasteiger partial charge on any atom is -0.508 e. The lowest BCUT2D eigenvalue weighted by Gasteiger charge is -2.24. The molecule has 2 aromatic rings. The normalized spacial score (nSPS) is 13.8. The Labute approximate surface area is 251 Å². The van der Waals surface area contributed by atoms with Crippen LogP contribution in [0.1, 0.15) is 38.3 Å². The second-order valence-electron chi connectivity index (χ2n) is 10.5. The maximum absolute atomic E-state index is 13.2. The van der Waals surface area contributed by atoms with Gasteiger partial charge in [-0.2, -0.15) is 0 Å². The fraction of sp³-hybridized carbons (Fsp3) is 0.433. The topological polar surface area (TPSA) is 180 Å². The van der Waals surface area contributed by atoms with Gasteiger partial charge in [0, 0.05) is 6.42 Å². The third-order valence-electron chi connectivity index (χ3n) is 6.38. The molecule has 7 N–H and O–H groups in total. The number of nitrogens with one attached hydrogen (secondary N) is 4. The second-order valence-corrected chi connectivity index (χ2v) is 10.8. The highest BCUT2D eigenvalue weighted by molar-refractivity contribution is 6.28. The number of carbonyl (C=O) groups excluding carboxylic acids is 5. The van der Waals surface area contributed by atoms with E-state index in [-0.39, 0.29) is 36.2 Å². The van der Waals surface area contributed by atoms with Gasteiger partial charge in [-0.15, -0.1) is 11.6 Å². The van der Waals surface area contributed by atoms with Crippen molar-refractivity contribution in [3.05, 3.63) is 65.7 Å². The molecule has 0 saturated heterocycles. The number of aromatic hydroxyl groups is 1. The average Bonchev–Trinajstić information content (AvgIpc) is 2.96. The van der Waals surface area contributed by atoms with Crippen LogP contribution in [0.25, 0.3) is 0 Å². The first-order chi connectivity index (χ1) is 19.9. The van der Waals surface area contributed by atoms with E-state index >= 15 is 0 Å². The molecule has 0 heterocycles. The lowest BCUT2D eigenvalue weighted by molar-refractivity contribution is -0.132. The lowest BCUT2D eigenvalue weighted by Crippen LogP contribution is -2.55. The van der Waals surface area contributed by atoms with Crippen LogP contribution in [-0.4, -0.2) is 71.1 Å². The van der Waals surface area contributed by atoms with E-state index in [4.69, 9.17) is 17.3 Å². The first-order valence-corrected chi connectivity index (χ1v) is 14.3. The maximum Gasteiger partial charge on any atom is 0.243 e. The second kappa shape index (κ2) is 17.1. The number of benzene rings is 2. The van der Waals surface area contributed by atoms with Crippen LogP contribution >= 0.6 is 11.6 Å². The van der Waals surface area contributed by atoms with Gasteiger partial charge in [-0.1, -0.05) is 56.3 Å². The van der Waals surface area contributed by atoms with Crippen molar-refractivity contribution in [3.63, 3.8) is 0 Å². The summed E-state index contributed by atoms with van der Waals surface area (Å²) in [5.74, 6) is -2.73. The summed E-state index contributed by atoms with van der Waals surface area (Å²) < 4.78 is 0. The van der Waals surface area contributed by atoms with Crippen molar-refractivity contribution in [2.45, 2.75) is 64.2 Å². The van der Waals surface area contributed by atoms with Gasteiger partial charge in [-0.05, 0) is 48.9 Å². The fourth-order valence-electron chi connectivity index (χ4n) is 4.10. The van der Waals surface area contributed by atoms with Crippen molar-refractivity contribution in [1.82, 2.24) is 21.3 Å². The van der Waals surface area contributed by atoms with Crippen molar-refractivity contribution < 1.29 is 29.1 Å². The summed E-state index contributed by atoms with van der Waals surface area (Å²) in [6, 6.07) is 11.6. The third kappa shape index (κ3) is 11.9. The number of halogens is 1. The molecule has 0 aromatic heterocycles. The molecule has 0 radical (unpaired) electrons. The van der Waals surface area contributed by atoms with E-state index in [0.29, 0.717) is 6.42 Å². The van der Waals surface area contributed by atoms with Crippen LogP contribution in [0.3, 0.4) is 0 Å². The predicted molar refractivity (Wildman–Crippen MR) is 160 cm³/mol. The van der Waals surface area contributed by atoms with Gasteiger partial charge in [-0.25, -0.2) is 0 Å². The van der Waals surface area contributed by atoms with Gasteiger partial charge in [0.15, 0.2) is 5.78 Å². The first kappa shape index (κ1) is 34.2. The zero-order valence-corrected chi connectivity index (χ0v) is 24.8. The Morgan fingerprint density at radius 2 is 1.40 bits per heavy atom. The van der Waals surface area contributed by atoms with E-state index in [0.717, 1.165) is 11.1 Å². The molecule has 0 fully saturated rings. The number of nitrogens with two attached hydrogens (primary N) is 1. The molecular weight excluding hydrogens is 562 g/mol. The number of alkyl halides is 1. The molecule has 2 aromatic carbocycles. The van der Waals surface area contributed by atoms with E-state index in [1.54, 1.807) is 36.4 Å². The highest BCUT2D eigenvalue weighted by Gasteiger charge is 2.28. The molecule has 11 nitrogen and oxygen atoms in total. The molecular formula is C30H40ClN5O6. The van der Waals surface area contributed by atoms with Crippen molar-refractivity contribution in [3.8, 4) is 5.75 Å². The van der Waals surface area contributed by atoms with Crippen LogP contribution in [-0.2, 0) is 36.8 Å². The maximum atomic E-state index is 13.2. The third-order valence-corrected chi connectivity index (χ3v) is 6.65. The van der Waals surface area contributed by atoms with Gasteiger partial charge in [-0.3, -0.25) is 24.0 Å². The van der Waals surface area contributed by atoms with Crippen LogP contribution in [0, 0.1) is 5.92 Å². The molecule has 42 heavy (non-hydrogen) atoms. The van der Waals surface area contributed by atoms with Gasteiger partial charge >= 0.3 is 0 Å². The summed E-state index contributed by atoms with van der Waals surface area (Å²) in [6.07, 6.45) is 0.741. The zero-order chi connectivity index (χ0) is 31.2. The van der Waals surface area contributed by atoms with Crippen molar-refractivity contribution in [2.75, 3.05) is 12.4 Å². The van der Waals surface area contributed by atoms with E-state index in [1.165, 1.54) is 19.1 Å². The lowest BCUT2D eigenvalue weighted by atomic mass is 9.99. The van der Waals surface area contributed by atoms with E-state index in [9.17, 15) is 29.1 Å². The molecule has 0 spiro atoms. The molecule has 4 amide bonds. The summed E-state index contributed by atoms with van der Waals surface area (Å²) in [4.78, 5) is 63.3. The summed E-state index contributed by atoms with van der Waals surface area (Å²) in [6.45, 7) is 4.83. The predicted octanol–water partition coefficient (Wildman–Crippen LogP) is 0.949. The van der Waals surface area contributed by atoms with Crippen molar-refractivity contribution >= 4 is 41.0 Å². The standard InChI is InChI=1S/C30H40ClN5O6/c1-18(2)13-24(26(38)16-31)36-30(42)25(15-20-7-5-4-6-8-20)35-27(39)17-33-28(40)19(3)34-29(41)23(32)14-21-9-11-22(37)12-10-21/h4-12,18-19,23-25,37H,13-17,32H2,1-3H3,(H,33,40)(H,34,41)(H,35,39)(H,36,42)/t19-,23+,24?,25+/m1/s1. The molecule has 228 valence electrons. The SMILES string of the molecule is CC(C)CC(NC(=O)[C@H](Cc1ccccc1)NC(=O)CNC(=O)[C@@H](C)NC(=O)[C@@H](N)Cc1ccc(O)cc1)C(=O)CCl. The number of rotatable bonds is 16. The first-order valence-electron chi connectivity index (χ1n) is 13.7.